The molecule has 3 fully saturated rings. The molecule has 10 nitrogen and oxygen atoms in total. The molecule has 3 heterocycles. The molecule has 1 spiro atoms. The number of aliphatic hydroxyl groups excluding tert-OH is 1. The minimum Gasteiger partial charge on any atom is -0.455 e. The Kier molecular flexibility index (Phi) is 12.2. The van der Waals surface area contributed by atoms with Gasteiger partial charge in [-0.3, -0.25) is 19.2 Å². The number of para-hydroxylation sites is 1. The number of amides is 3. The molecule has 2 aromatic carbocycles. The van der Waals surface area contributed by atoms with E-state index >= 15 is 0 Å². The number of esters is 1. The quantitative estimate of drug-likeness (QED) is 0.134. The van der Waals surface area contributed by atoms with Gasteiger partial charge in [0.05, 0.1) is 47.8 Å². The molecule has 3 amide bonds. The summed E-state index contributed by atoms with van der Waals surface area (Å²) < 4.78 is 12.9. The van der Waals surface area contributed by atoms with Crippen LogP contribution in [0.1, 0.15) is 51.2 Å². The molecule has 9 atom stereocenters. The molecule has 0 radical (unpaired) electrons. The van der Waals surface area contributed by atoms with Crippen LogP contribution in [0.4, 0.5) is 5.69 Å². The lowest BCUT2D eigenvalue weighted by molar-refractivity contribution is -0.161. The SMILES string of the molecule is C=CCCC(=O)NC[C@H](OC(=O)[C@@H]1[C@H]2O[C@@]3(CC2Br)[C@H](C(=O)N(CC=C)c2ccccc2Cl)N([C@@H](CO)[C@@H](C)CC)C(=O)[C@@H]13)c1ccccc1. The molecule has 3 aliphatic heterocycles. The van der Waals surface area contributed by atoms with E-state index in [2.05, 4.69) is 34.4 Å². The second-order valence-electron chi connectivity index (χ2n) is 13.2. The predicted molar refractivity (Wildman–Crippen MR) is 195 cm³/mol. The molecule has 2 bridgehead atoms. The fourth-order valence-electron chi connectivity index (χ4n) is 7.68. The van der Waals surface area contributed by atoms with E-state index in [-0.39, 0.29) is 42.6 Å². The van der Waals surface area contributed by atoms with Gasteiger partial charge in [0.2, 0.25) is 11.8 Å². The first-order valence-electron chi connectivity index (χ1n) is 17.1. The number of fused-ring (bicyclic) bond motifs is 1. The maximum absolute atomic E-state index is 15.0. The topological polar surface area (TPSA) is 125 Å². The summed E-state index contributed by atoms with van der Waals surface area (Å²) in [5, 5.41) is 13.9. The molecule has 3 aliphatic rings. The number of hydrogen-bond donors (Lipinski definition) is 2. The van der Waals surface area contributed by atoms with Crippen LogP contribution in [0.15, 0.2) is 79.9 Å². The zero-order valence-electron chi connectivity index (χ0n) is 28.4. The summed E-state index contributed by atoms with van der Waals surface area (Å²) in [6.07, 6.45) is 3.27. The maximum atomic E-state index is 15.0. The molecular formula is C38H45BrClN3O7. The molecule has 0 aliphatic carbocycles. The number of hydrogen-bond acceptors (Lipinski definition) is 7. The number of nitrogens with zero attached hydrogens (tertiary/aromatic N) is 2. The summed E-state index contributed by atoms with van der Waals surface area (Å²) in [5.41, 5.74) is -0.294. The zero-order chi connectivity index (χ0) is 36.2. The van der Waals surface area contributed by atoms with Gasteiger partial charge in [0.1, 0.15) is 17.7 Å². The van der Waals surface area contributed by atoms with Gasteiger partial charge in [-0.05, 0) is 36.5 Å². The van der Waals surface area contributed by atoms with E-state index in [0.29, 0.717) is 29.1 Å². The number of benzene rings is 2. The van der Waals surface area contributed by atoms with Crippen molar-refractivity contribution in [2.24, 2.45) is 17.8 Å². The van der Waals surface area contributed by atoms with Gasteiger partial charge in [0.15, 0.2) is 0 Å². The summed E-state index contributed by atoms with van der Waals surface area (Å²) >= 11 is 10.3. The Labute approximate surface area is 306 Å². The number of aliphatic hydroxyl groups is 1. The first-order valence-corrected chi connectivity index (χ1v) is 18.4. The highest BCUT2D eigenvalue weighted by atomic mass is 79.9. The van der Waals surface area contributed by atoms with Gasteiger partial charge in [0.25, 0.3) is 5.91 Å². The highest BCUT2D eigenvalue weighted by Crippen LogP contribution is 2.61. The molecule has 268 valence electrons. The van der Waals surface area contributed by atoms with Gasteiger partial charge in [-0.1, -0.05) is 102 Å². The van der Waals surface area contributed by atoms with Crippen LogP contribution < -0.4 is 10.2 Å². The summed E-state index contributed by atoms with van der Waals surface area (Å²) in [5.74, 6) is -4.08. The van der Waals surface area contributed by atoms with E-state index in [1.165, 1.54) is 9.80 Å². The van der Waals surface area contributed by atoms with Crippen LogP contribution in [0.3, 0.4) is 0 Å². The number of halogens is 2. The second-order valence-corrected chi connectivity index (χ2v) is 14.8. The number of likely N-dealkylation sites (tertiary alicyclic amines) is 1. The van der Waals surface area contributed by atoms with Crippen LogP contribution in [0, 0.1) is 17.8 Å². The zero-order valence-corrected chi connectivity index (χ0v) is 30.7. The predicted octanol–water partition coefficient (Wildman–Crippen LogP) is 5.38. The van der Waals surface area contributed by atoms with E-state index in [1.807, 2.05) is 32.0 Å². The minimum atomic E-state index is -1.40. The van der Waals surface area contributed by atoms with Crippen molar-refractivity contribution in [3.05, 3.63) is 90.5 Å². The number of allylic oxidation sites excluding steroid dienone is 1. The Morgan fingerprint density at radius 1 is 1.18 bits per heavy atom. The Bertz CT molecular complexity index is 1590. The smallest absolute Gasteiger partial charge is 0.313 e. The Morgan fingerprint density at radius 3 is 2.52 bits per heavy atom. The van der Waals surface area contributed by atoms with Crippen molar-refractivity contribution in [2.75, 3.05) is 24.6 Å². The van der Waals surface area contributed by atoms with Crippen LogP contribution >= 0.6 is 27.5 Å². The fourth-order valence-corrected chi connectivity index (χ4v) is 8.86. The van der Waals surface area contributed by atoms with Crippen LogP contribution in [-0.2, 0) is 28.7 Å². The van der Waals surface area contributed by atoms with Crippen molar-refractivity contribution >= 4 is 56.9 Å². The molecule has 2 aromatic rings. The number of rotatable bonds is 16. The third kappa shape index (κ3) is 7.02. The lowest BCUT2D eigenvalue weighted by Crippen LogP contribution is -2.60. The summed E-state index contributed by atoms with van der Waals surface area (Å²) in [4.78, 5) is 59.2. The van der Waals surface area contributed by atoms with Gasteiger partial charge in [0, 0.05) is 17.8 Å². The summed E-state index contributed by atoms with van der Waals surface area (Å²) in [6.45, 7) is 11.1. The highest BCUT2D eigenvalue weighted by molar-refractivity contribution is 9.09. The molecule has 2 N–H and O–H groups in total. The Morgan fingerprint density at radius 2 is 1.88 bits per heavy atom. The van der Waals surface area contributed by atoms with Crippen LogP contribution in [-0.4, -0.2) is 82.0 Å². The molecule has 1 unspecified atom stereocenters. The minimum absolute atomic E-state index is 0.0215. The third-order valence-corrected chi connectivity index (χ3v) is 11.5. The number of alkyl halides is 1. The number of carbonyl (C=O) groups excluding carboxylic acids is 4. The maximum Gasteiger partial charge on any atom is 0.313 e. The highest BCUT2D eigenvalue weighted by Gasteiger charge is 2.78. The van der Waals surface area contributed by atoms with Crippen molar-refractivity contribution in [2.45, 2.75) is 74.3 Å². The lowest BCUT2D eigenvalue weighted by atomic mass is 9.70. The van der Waals surface area contributed by atoms with Gasteiger partial charge in [-0.15, -0.1) is 13.2 Å². The van der Waals surface area contributed by atoms with E-state index in [0.717, 1.165) is 0 Å². The van der Waals surface area contributed by atoms with Crippen LogP contribution in [0.25, 0.3) is 0 Å². The molecular weight excluding hydrogens is 726 g/mol. The first kappa shape index (κ1) is 37.7. The van der Waals surface area contributed by atoms with E-state index in [1.54, 1.807) is 48.6 Å². The van der Waals surface area contributed by atoms with Gasteiger partial charge in [-0.25, -0.2) is 0 Å². The number of anilines is 1. The van der Waals surface area contributed by atoms with Crippen molar-refractivity contribution in [1.29, 1.82) is 0 Å². The van der Waals surface area contributed by atoms with E-state index < -0.39 is 66.1 Å². The van der Waals surface area contributed by atoms with E-state index in [4.69, 9.17) is 21.1 Å². The summed E-state index contributed by atoms with van der Waals surface area (Å²) in [7, 11) is 0. The standard InChI is InChI=1S/C38H45BrClN3O7/c1-5-8-18-30(45)41-21-29(24-14-10-9-11-15-24)49-37(48)31-32-35(46)43(28(22-44)23(4)7-3)34(38(32)20-25(39)33(31)50-38)36(47)42(19-6-2)27-17-13-12-16-26(27)40/h5-6,9-17,23,25,28-29,31-34,44H,1-2,7-8,18-22H2,3-4H3,(H,41,45)/t23-,25?,28-,29-,31-,32+,33-,34-,38+/m0/s1. The van der Waals surface area contributed by atoms with Crippen molar-refractivity contribution < 1.29 is 33.8 Å². The normalized spacial score (nSPS) is 26.9. The lowest BCUT2D eigenvalue weighted by Gasteiger charge is -2.41. The molecule has 0 saturated carbocycles. The van der Waals surface area contributed by atoms with Crippen molar-refractivity contribution in [3.63, 3.8) is 0 Å². The van der Waals surface area contributed by atoms with Gasteiger partial charge >= 0.3 is 5.97 Å². The molecule has 50 heavy (non-hydrogen) atoms. The molecule has 0 aromatic heterocycles. The molecule has 5 rings (SSSR count). The third-order valence-electron chi connectivity index (χ3n) is 10.3. The van der Waals surface area contributed by atoms with Gasteiger partial charge in [-0.2, -0.15) is 0 Å². The monoisotopic (exact) mass is 769 g/mol. The van der Waals surface area contributed by atoms with Gasteiger partial charge < -0.3 is 29.7 Å². The molecule has 12 heteroatoms. The fraction of sp³-hybridized carbons (Fsp3) is 0.474. The van der Waals surface area contributed by atoms with E-state index in [9.17, 15) is 24.3 Å². The number of ether oxygens (including phenoxy) is 2. The van der Waals surface area contributed by atoms with Crippen LogP contribution in [0.2, 0.25) is 5.02 Å². The summed E-state index contributed by atoms with van der Waals surface area (Å²) in [6, 6.07) is 14.1. The first-order chi connectivity index (χ1) is 24.0. The second kappa shape index (κ2) is 16.2. The Hall–Kier alpha value is -3.51. The average molecular weight is 771 g/mol. The number of nitrogens with one attached hydrogen (secondary N) is 1. The van der Waals surface area contributed by atoms with Crippen molar-refractivity contribution in [3.8, 4) is 0 Å². The number of carbonyl (C=O) groups is 4. The van der Waals surface area contributed by atoms with Crippen LogP contribution in [0.5, 0.6) is 0 Å². The average Bonchev–Trinajstić information content (AvgIpc) is 3.72. The van der Waals surface area contributed by atoms with Crippen molar-refractivity contribution in [1.82, 2.24) is 10.2 Å². The largest absolute Gasteiger partial charge is 0.455 e. The molecule has 3 saturated heterocycles. The Balaban J connectivity index is 1.54.